The van der Waals surface area contributed by atoms with Crippen molar-refractivity contribution in [2.75, 3.05) is 5.32 Å². The molecule has 2 aromatic carbocycles. The van der Waals surface area contributed by atoms with Crippen molar-refractivity contribution < 1.29 is 9.84 Å². The third kappa shape index (κ3) is 5.28. The van der Waals surface area contributed by atoms with Gasteiger partial charge in [-0.25, -0.2) is 9.97 Å². The highest BCUT2D eigenvalue weighted by Gasteiger charge is 2.39. The van der Waals surface area contributed by atoms with E-state index in [2.05, 4.69) is 35.6 Å². The van der Waals surface area contributed by atoms with Gasteiger partial charge in [-0.2, -0.15) is 0 Å². The number of aromatic hydroxyl groups is 1. The van der Waals surface area contributed by atoms with Gasteiger partial charge in [0.05, 0.1) is 17.6 Å². The molecule has 5 heteroatoms. The molecule has 1 aliphatic carbocycles. The molecule has 2 fully saturated rings. The molecule has 0 amide bonds. The van der Waals surface area contributed by atoms with Crippen molar-refractivity contribution in [1.82, 2.24) is 9.97 Å². The van der Waals surface area contributed by atoms with Crippen LogP contribution in [0.3, 0.4) is 0 Å². The largest absolute Gasteiger partial charge is 0.508 e. The number of hydrogen-bond acceptors (Lipinski definition) is 5. The number of nitrogens with zero attached hydrogens (tertiary/aromatic N) is 2. The van der Waals surface area contributed by atoms with E-state index in [4.69, 9.17) is 14.7 Å². The Morgan fingerprint density at radius 1 is 0.969 bits per heavy atom. The molecule has 2 atom stereocenters. The predicted molar refractivity (Wildman–Crippen MR) is 126 cm³/mol. The average molecular weight is 430 g/mol. The number of phenols is 1. The van der Waals surface area contributed by atoms with E-state index in [1.54, 1.807) is 12.1 Å². The Morgan fingerprint density at radius 2 is 1.75 bits per heavy atom. The zero-order chi connectivity index (χ0) is 21.8. The van der Waals surface area contributed by atoms with Gasteiger partial charge in [0.1, 0.15) is 17.7 Å². The number of epoxide rings is 1. The first kappa shape index (κ1) is 21.0. The van der Waals surface area contributed by atoms with E-state index in [1.807, 2.05) is 18.3 Å². The summed E-state index contributed by atoms with van der Waals surface area (Å²) in [4.78, 5) is 9.76. The van der Waals surface area contributed by atoms with Crippen molar-refractivity contribution >= 4 is 5.82 Å². The van der Waals surface area contributed by atoms with E-state index in [0.717, 1.165) is 42.0 Å². The maximum atomic E-state index is 9.61. The maximum Gasteiger partial charge on any atom is 0.156 e. The van der Waals surface area contributed by atoms with Gasteiger partial charge < -0.3 is 15.2 Å². The number of aryl methyl sites for hydroxylation is 1. The highest BCUT2D eigenvalue weighted by atomic mass is 16.6. The van der Waals surface area contributed by atoms with Crippen LogP contribution in [0.15, 0.2) is 60.8 Å². The first-order chi connectivity index (χ1) is 15.7. The van der Waals surface area contributed by atoms with Gasteiger partial charge in [-0.05, 0) is 55.0 Å². The van der Waals surface area contributed by atoms with Gasteiger partial charge in [0.2, 0.25) is 0 Å². The fourth-order valence-electron chi connectivity index (χ4n) is 4.70. The minimum absolute atomic E-state index is 0.0117. The first-order valence-electron chi connectivity index (χ1n) is 11.9. The second-order valence-electron chi connectivity index (χ2n) is 9.07. The summed E-state index contributed by atoms with van der Waals surface area (Å²) in [6.07, 6.45) is 11.5. The first-order valence-corrected chi connectivity index (χ1v) is 11.9. The molecule has 2 aliphatic rings. The summed E-state index contributed by atoms with van der Waals surface area (Å²) < 4.78 is 5.91. The molecule has 1 aliphatic heterocycles. The maximum absolute atomic E-state index is 9.61. The Labute approximate surface area is 189 Å². The topological polar surface area (TPSA) is 70.6 Å². The molecule has 0 bridgehead atoms. The van der Waals surface area contributed by atoms with Gasteiger partial charge in [0, 0.05) is 5.56 Å². The number of hydrogen-bond donors (Lipinski definition) is 2. The normalized spacial score (nSPS) is 20.8. The summed E-state index contributed by atoms with van der Waals surface area (Å²) in [5.41, 5.74) is 4.19. The molecule has 5 rings (SSSR count). The standard InChI is InChI=1S/C27H31N3O2/c31-22-14-12-21(13-15-22)24-18-28-26(23(29-24)17-20-9-5-2-6-10-20)30-27-25(32-27)16-11-19-7-3-1-4-8-19/h1,3-4,7-8,12-15,18,20,25,27,31H,2,5-6,9-11,16-17H2,(H,28,30). The average Bonchev–Trinajstić information content (AvgIpc) is 3.58. The summed E-state index contributed by atoms with van der Waals surface area (Å²) in [7, 11) is 0. The van der Waals surface area contributed by atoms with E-state index in [-0.39, 0.29) is 18.1 Å². The molecule has 1 saturated carbocycles. The molecular formula is C27H31N3O2. The molecule has 32 heavy (non-hydrogen) atoms. The van der Waals surface area contributed by atoms with Crippen LogP contribution in [-0.2, 0) is 17.6 Å². The predicted octanol–water partition coefficient (Wildman–Crippen LogP) is 5.74. The lowest BCUT2D eigenvalue weighted by molar-refractivity contribution is 0.354. The number of rotatable bonds is 8. The van der Waals surface area contributed by atoms with E-state index in [0.29, 0.717) is 5.92 Å². The minimum Gasteiger partial charge on any atom is -0.508 e. The molecule has 166 valence electrons. The van der Waals surface area contributed by atoms with Crippen molar-refractivity contribution in [3.05, 3.63) is 72.1 Å². The second-order valence-corrected chi connectivity index (χ2v) is 9.07. The lowest BCUT2D eigenvalue weighted by atomic mass is 9.86. The Balaban J connectivity index is 1.28. The monoisotopic (exact) mass is 429 g/mol. The van der Waals surface area contributed by atoms with Gasteiger partial charge in [-0.1, -0.05) is 62.4 Å². The third-order valence-corrected chi connectivity index (χ3v) is 6.64. The summed E-state index contributed by atoms with van der Waals surface area (Å²) in [6.45, 7) is 0. The van der Waals surface area contributed by atoms with Crippen LogP contribution in [0.1, 0.15) is 49.8 Å². The van der Waals surface area contributed by atoms with Crippen LogP contribution in [-0.4, -0.2) is 27.4 Å². The number of aromatic nitrogens is 2. The van der Waals surface area contributed by atoms with Crippen LogP contribution in [0.5, 0.6) is 5.75 Å². The lowest BCUT2D eigenvalue weighted by Crippen LogP contribution is -2.16. The van der Waals surface area contributed by atoms with Crippen molar-refractivity contribution in [2.24, 2.45) is 5.92 Å². The highest BCUT2D eigenvalue weighted by molar-refractivity contribution is 5.61. The molecule has 2 N–H and O–H groups in total. The van der Waals surface area contributed by atoms with Crippen LogP contribution in [0, 0.1) is 5.92 Å². The zero-order valence-corrected chi connectivity index (χ0v) is 18.4. The number of nitrogens with one attached hydrogen (secondary N) is 1. The van der Waals surface area contributed by atoms with Crippen molar-refractivity contribution in [3.63, 3.8) is 0 Å². The van der Waals surface area contributed by atoms with Gasteiger partial charge >= 0.3 is 0 Å². The Morgan fingerprint density at radius 3 is 2.53 bits per heavy atom. The summed E-state index contributed by atoms with van der Waals surface area (Å²) in [5, 5.41) is 13.1. The Bertz CT molecular complexity index is 1020. The molecule has 0 spiro atoms. The van der Waals surface area contributed by atoms with Crippen LogP contribution < -0.4 is 5.32 Å². The van der Waals surface area contributed by atoms with Gasteiger partial charge in [-0.15, -0.1) is 0 Å². The van der Waals surface area contributed by atoms with Crippen molar-refractivity contribution in [3.8, 4) is 17.0 Å². The fraction of sp³-hybridized carbons (Fsp3) is 0.407. The smallest absolute Gasteiger partial charge is 0.156 e. The van der Waals surface area contributed by atoms with Crippen LogP contribution in [0.4, 0.5) is 5.82 Å². The van der Waals surface area contributed by atoms with Crippen molar-refractivity contribution in [1.29, 1.82) is 0 Å². The molecule has 2 unspecified atom stereocenters. The molecule has 1 saturated heterocycles. The highest BCUT2D eigenvalue weighted by Crippen LogP contribution is 2.32. The summed E-state index contributed by atoms with van der Waals surface area (Å²) >= 11 is 0. The molecule has 3 aromatic rings. The third-order valence-electron chi connectivity index (χ3n) is 6.64. The van der Waals surface area contributed by atoms with Gasteiger partial charge in [0.15, 0.2) is 6.23 Å². The van der Waals surface area contributed by atoms with E-state index < -0.39 is 0 Å². The fourth-order valence-corrected chi connectivity index (χ4v) is 4.70. The van der Waals surface area contributed by atoms with E-state index >= 15 is 0 Å². The quantitative estimate of drug-likeness (QED) is 0.447. The van der Waals surface area contributed by atoms with E-state index in [9.17, 15) is 5.11 Å². The van der Waals surface area contributed by atoms with Crippen LogP contribution in [0.2, 0.25) is 0 Å². The Hall–Kier alpha value is -2.92. The summed E-state index contributed by atoms with van der Waals surface area (Å²) in [5.74, 6) is 1.78. The molecule has 5 nitrogen and oxygen atoms in total. The van der Waals surface area contributed by atoms with Gasteiger partial charge in [-0.3, -0.25) is 0 Å². The minimum atomic E-state index is 0.0117. The molecule has 2 heterocycles. The molecular weight excluding hydrogens is 398 g/mol. The molecule has 1 aromatic heterocycles. The second kappa shape index (κ2) is 9.70. The Kier molecular flexibility index (Phi) is 6.35. The SMILES string of the molecule is Oc1ccc(-c2cnc(NC3OC3CCc3ccccc3)c(CC3CCCCC3)n2)cc1. The van der Waals surface area contributed by atoms with Gasteiger partial charge in [0.25, 0.3) is 0 Å². The summed E-state index contributed by atoms with van der Waals surface area (Å²) in [6, 6.07) is 17.7. The lowest BCUT2D eigenvalue weighted by Gasteiger charge is -2.22. The van der Waals surface area contributed by atoms with E-state index in [1.165, 1.54) is 37.7 Å². The van der Waals surface area contributed by atoms with Crippen LogP contribution in [0.25, 0.3) is 11.3 Å². The zero-order valence-electron chi connectivity index (χ0n) is 18.4. The number of anilines is 1. The number of phenolic OH excluding ortho intramolecular Hbond substituents is 1. The van der Waals surface area contributed by atoms with Crippen molar-refractivity contribution in [2.45, 2.75) is 63.7 Å². The van der Waals surface area contributed by atoms with Crippen LogP contribution >= 0.6 is 0 Å². The molecule has 0 radical (unpaired) electrons. The number of benzene rings is 2. The number of ether oxygens (including phenoxy) is 1.